The highest BCUT2D eigenvalue weighted by Gasteiger charge is 2.50. The molecule has 0 unspecified atom stereocenters. The van der Waals surface area contributed by atoms with Crippen LogP contribution in [-0.2, 0) is 5.41 Å². The molecule has 6 heteroatoms. The summed E-state index contributed by atoms with van der Waals surface area (Å²) in [5.74, 6) is 1.53. The van der Waals surface area contributed by atoms with E-state index in [9.17, 15) is 4.79 Å². The number of nitrogens with one attached hydrogen (secondary N) is 2. The average Bonchev–Trinajstić information content (AvgIpc) is 3.25. The summed E-state index contributed by atoms with van der Waals surface area (Å²) in [7, 11) is 5.56. The molecule has 1 heterocycles. The molecule has 3 aromatic carbocycles. The SMILES string of the molecule is COc1ccc([C@@]23CC[C@@H](NC(=O)Nc4ccccc4-c4ccccc4)C[C@@H]2N(C)CC3)cc1OC. The second kappa shape index (κ2) is 10.2. The number of anilines is 1. The largest absolute Gasteiger partial charge is 0.493 e. The summed E-state index contributed by atoms with van der Waals surface area (Å²) in [5.41, 5.74) is 4.27. The normalized spacial score (nSPS) is 23.5. The lowest BCUT2D eigenvalue weighted by Gasteiger charge is -2.45. The van der Waals surface area contributed by atoms with Gasteiger partial charge < -0.3 is 25.0 Å². The molecule has 2 N–H and O–H groups in total. The van der Waals surface area contributed by atoms with Crippen LogP contribution in [0.3, 0.4) is 0 Å². The molecule has 1 aliphatic heterocycles. The number of urea groups is 1. The van der Waals surface area contributed by atoms with E-state index >= 15 is 0 Å². The van der Waals surface area contributed by atoms with Crippen molar-refractivity contribution in [1.82, 2.24) is 10.2 Å². The van der Waals surface area contributed by atoms with E-state index in [2.05, 4.69) is 46.8 Å². The zero-order valence-corrected chi connectivity index (χ0v) is 21.3. The average molecular weight is 486 g/mol. The molecular formula is C30H35N3O3. The van der Waals surface area contributed by atoms with E-state index in [0.717, 1.165) is 60.5 Å². The molecule has 3 aromatic rings. The van der Waals surface area contributed by atoms with Gasteiger partial charge in [0.05, 0.1) is 19.9 Å². The Morgan fingerprint density at radius 2 is 1.69 bits per heavy atom. The maximum atomic E-state index is 13.1. The van der Waals surface area contributed by atoms with Crippen LogP contribution >= 0.6 is 0 Å². The first kappa shape index (κ1) is 24.2. The molecule has 0 aromatic heterocycles. The van der Waals surface area contributed by atoms with Gasteiger partial charge in [0.15, 0.2) is 11.5 Å². The van der Waals surface area contributed by atoms with Gasteiger partial charge in [0.2, 0.25) is 0 Å². The van der Waals surface area contributed by atoms with Crippen molar-refractivity contribution in [3.8, 4) is 22.6 Å². The molecule has 3 atom stereocenters. The fraction of sp³-hybridized carbons (Fsp3) is 0.367. The molecule has 0 bridgehead atoms. The summed E-state index contributed by atoms with van der Waals surface area (Å²) in [5, 5.41) is 6.37. The third-order valence-electron chi connectivity index (χ3n) is 8.08. The molecule has 2 aliphatic rings. The van der Waals surface area contributed by atoms with Crippen molar-refractivity contribution in [1.29, 1.82) is 0 Å². The first-order valence-corrected chi connectivity index (χ1v) is 12.7. The zero-order chi connectivity index (χ0) is 25.1. The summed E-state index contributed by atoms with van der Waals surface area (Å²) >= 11 is 0. The number of para-hydroxylation sites is 1. The Morgan fingerprint density at radius 1 is 0.944 bits per heavy atom. The number of nitrogens with zero attached hydrogens (tertiary/aromatic N) is 1. The highest BCUT2D eigenvalue weighted by Crippen LogP contribution is 2.49. The molecular weight excluding hydrogens is 450 g/mol. The third kappa shape index (κ3) is 4.53. The maximum Gasteiger partial charge on any atom is 0.319 e. The van der Waals surface area contributed by atoms with Crippen LogP contribution in [0.2, 0.25) is 0 Å². The Balaban J connectivity index is 1.30. The molecule has 188 valence electrons. The van der Waals surface area contributed by atoms with Gasteiger partial charge in [-0.15, -0.1) is 0 Å². The lowest BCUT2D eigenvalue weighted by atomic mass is 9.65. The van der Waals surface area contributed by atoms with Crippen LogP contribution in [0.4, 0.5) is 10.5 Å². The van der Waals surface area contributed by atoms with E-state index in [1.165, 1.54) is 5.56 Å². The summed E-state index contributed by atoms with van der Waals surface area (Å²) in [4.78, 5) is 15.5. The van der Waals surface area contributed by atoms with Crippen LogP contribution in [-0.4, -0.2) is 50.8 Å². The number of methoxy groups -OCH3 is 2. The Morgan fingerprint density at radius 3 is 2.47 bits per heavy atom. The van der Waals surface area contributed by atoms with E-state index in [0.29, 0.717) is 6.04 Å². The zero-order valence-electron chi connectivity index (χ0n) is 21.3. The van der Waals surface area contributed by atoms with Crippen molar-refractivity contribution in [2.45, 2.75) is 43.2 Å². The van der Waals surface area contributed by atoms with E-state index in [4.69, 9.17) is 9.47 Å². The lowest BCUT2D eigenvalue weighted by molar-refractivity contribution is 0.156. The van der Waals surface area contributed by atoms with E-state index < -0.39 is 0 Å². The van der Waals surface area contributed by atoms with Gasteiger partial charge in [-0.3, -0.25) is 0 Å². The van der Waals surface area contributed by atoms with Crippen molar-refractivity contribution in [3.05, 3.63) is 78.4 Å². The van der Waals surface area contributed by atoms with Gasteiger partial charge in [-0.25, -0.2) is 4.79 Å². The number of rotatable bonds is 6. The van der Waals surface area contributed by atoms with E-state index in [-0.39, 0.29) is 17.5 Å². The molecule has 2 amide bonds. The topological polar surface area (TPSA) is 62.8 Å². The van der Waals surface area contributed by atoms with Gasteiger partial charge in [-0.1, -0.05) is 54.6 Å². The first-order chi connectivity index (χ1) is 17.5. The highest BCUT2D eigenvalue weighted by atomic mass is 16.5. The minimum atomic E-state index is -0.150. The number of likely N-dealkylation sites (N-methyl/N-ethyl adjacent to an activating group) is 1. The molecule has 0 spiro atoms. The smallest absolute Gasteiger partial charge is 0.319 e. The molecule has 2 fully saturated rings. The van der Waals surface area contributed by atoms with Crippen LogP contribution in [0.5, 0.6) is 11.5 Å². The number of hydrogen-bond donors (Lipinski definition) is 2. The minimum Gasteiger partial charge on any atom is -0.493 e. The quantitative estimate of drug-likeness (QED) is 0.471. The summed E-state index contributed by atoms with van der Waals surface area (Å²) in [6.07, 6.45) is 3.97. The van der Waals surface area contributed by atoms with Gasteiger partial charge in [0.1, 0.15) is 0 Å². The second-order valence-corrected chi connectivity index (χ2v) is 9.95. The van der Waals surface area contributed by atoms with Gasteiger partial charge in [-0.05, 0) is 68.6 Å². The Kier molecular flexibility index (Phi) is 6.88. The van der Waals surface area contributed by atoms with Gasteiger partial charge in [0, 0.05) is 23.1 Å². The molecule has 0 radical (unpaired) electrons. The van der Waals surface area contributed by atoms with Gasteiger partial charge in [0.25, 0.3) is 0 Å². The maximum absolute atomic E-state index is 13.1. The summed E-state index contributed by atoms with van der Waals surface area (Å²) in [6.45, 7) is 1.04. The monoisotopic (exact) mass is 485 g/mol. The lowest BCUT2D eigenvalue weighted by Crippen LogP contribution is -2.52. The minimum absolute atomic E-state index is 0.0584. The van der Waals surface area contributed by atoms with Crippen molar-refractivity contribution < 1.29 is 14.3 Å². The number of carbonyl (C=O) groups is 1. The number of fused-ring (bicyclic) bond motifs is 1. The molecule has 36 heavy (non-hydrogen) atoms. The predicted molar refractivity (Wildman–Crippen MR) is 144 cm³/mol. The number of benzene rings is 3. The standard InChI is InChI=1S/C30H35N3O3/c1-33-18-17-30(22-13-14-26(35-2)27(19-22)36-3)16-15-23(20-28(30)33)31-29(34)32-25-12-8-7-11-24(25)21-9-5-4-6-10-21/h4-14,19,23,28H,15-18,20H2,1-3H3,(H2,31,32,34)/t23-,28+,30+/m1/s1. The second-order valence-electron chi connectivity index (χ2n) is 9.95. The first-order valence-electron chi connectivity index (χ1n) is 12.7. The van der Waals surface area contributed by atoms with Crippen molar-refractivity contribution in [2.24, 2.45) is 0 Å². The molecule has 1 saturated heterocycles. The Labute approximate surface area is 213 Å². The number of ether oxygens (including phenoxy) is 2. The summed E-state index contributed by atoms with van der Waals surface area (Å²) < 4.78 is 11.1. The van der Waals surface area contributed by atoms with E-state index in [1.807, 2.05) is 48.5 Å². The van der Waals surface area contributed by atoms with Crippen LogP contribution in [0.25, 0.3) is 11.1 Å². The van der Waals surface area contributed by atoms with Crippen LogP contribution in [0.1, 0.15) is 31.2 Å². The number of hydrogen-bond acceptors (Lipinski definition) is 4. The molecule has 1 saturated carbocycles. The predicted octanol–water partition coefficient (Wildman–Crippen LogP) is 5.69. The number of likely N-dealkylation sites (tertiary alicyclic amines) is 1. The van der Waals surface area contributed by atoms with Gasteiger partial charge >= 0.3 is 6.03 Å². The Hall–Kier alpha value is -3.51. The fourth-order valence-corrected chi connectivity index (χ4v) is 6.20. The fourth-order valence-electron chi connectivity index (χ4n) is 6.20. The van der Waals surface area contributed by atoms with Gasteiger partial charge in [-0.2, -0.15) is 0 Å². The third-order valence-corrected chi connectivity index (χ3v) is 8.08. The number of carbonyl (C=O) groups excluding carboxylic acids is 1. The van der Waals surface area contributed by atoms with Crippen molar-refractivity contribution in [2.75, 3.05) is 33.1 Å². The van der Waals surface area contributed by atoms with Crippen molar-refractivity contribution >= 4 is 11.7 Å². The van der Waals surface area contributed by atoms with Crippen LogP contribution in [0.15, 0.2) is 72.8 Å². The summed E-state index contributed by atoms with van der Waals surface area (Å²) in [6, 6.07) is 24.7. The molecule has 6 nitrogen and oxygen atoms in total. The number of amides is 2. The van der Waals surface area contributed by atoms with Crippen molar-refractivity contribution in [3.63, 3.8) is 0 Å². The van der Waals surface area contributed by atoms with Crippen LogP contribution in [0, 0.1) is 0 Å². The Bertz CT molecular complexity index is 1220. The van der Waals surface area contributed by atoms with Crippen LogP contribution < -0.4 is 20.1 Å². The highest BCUT2D eigenvalue weighted by molar-refractivity contribution is 5.94. The van der Waals surface area contributed by atoms with E-state index in [1.54, 1.807) is 14.2 Å². The molecule has 5 rings (SSSR count). The molecule has 1 aliphatic carbocycles.